The summed E-state index contributed by atoms with van der Waals surface area (Å²) in [6.45, 7) is 5.03. The van der Waals surface area contributed by atoms with Gasteiger partial charge in [-0.1, -0.05) is 0 Å². The van der Waals surface area contributed by atoms with Gasteiger partial charge in [-0.25, -0.2) is 0 Å². The van der Waals surface area contributed by atoms with Crippen molar-refractivity contribution in [1.29, 1.82) is 0 Å². The molecule has 5 nitrogen and oxygen atoms in total. The van der Waals surface area contributed by atoms with E-state index in [0.29, 0.717) is 19.6 Å². The molecule has 0 aromatic carbocycles. The summed E-state index contributed by atoms with van der Waals surface area (Å²) in [6, 6.07) is 0. The van der Waals surface area contributed by atoms with Crippen LogP contribution in [0.4, 0.5) is 0 Å². The van der Waals surface area contributed by atoms with Crippen LogP contribution in [0, 0.1) is 0 Å². The molecule has 0 spiro atoms. The number of carbonyl (C=O) groups is 1. The standard InChI is InChI=1S/C10H20N2O3/c1-7(15-8-5-14-6-8)4-10(2,12-3)9(11)13/h7-8,12H,4-6H2,1-3H3,(H2,11,13). The third kappa shape index (κ3) is 3.15. The minimum absolute atomic E-state index is 0.0103. The van der Waals surface area contributed by atoms with Gasteiger partial charge in [0.15, 0.2) is 0 Å². The number of amides is 1. The van der Waals surface area contributed by atoms with E-state index in [4.69, 9.17) is 15.2 Å². The van der Waals surface area contributed by atoms with Gasteiger partial charge in [0.05, 0.1) is 24.9 Å². The van der Waals surface area contributed by atoms with E-state index < -0.39 is 5.54 Å². The summed E-state index contributed by atoms with van der Waals surface area (Å²) in [5.41, 5.74) is 4.62. The number of carbonyl (C=O) groups excluding carboxylic acids is 1. The van der Waals surface area contributed by atoms with Gasteiger partial charge in [0, 0.05) is 6.42 Å². The molecule has 1 amide bonds. The molecule has 3 N–H and O–H groups in total. The number of primary amides is 1. The fraction of sp³-hybridized carbons (Fsp3) is 0.900. The molecule has 88 valence electrons. The van der Waals surface area contributed by atoms with Gasteiger partial charge in [0.1, 0.15) is 6.10 Å². The highest BCUT2D eigenvalue weighted by Gasteiger charge is 2.32. The molecule has 0 saturated carbocycles. The number of likely N-dealkylation sites (N-methyl/N-ethyl adjacent to an activating group) is 1. The highest BCUT2D eigenvalue weighted by atomic mass is 16.6. The first kappa shape index (κ1) is 12.4. The van der Waals surface area contributed by atoms with E-state index in [1.165, 1.54) is 0 Å². The largest absolute Gasteiger partial charge is 0.376 e. The fourth-order valence-corrected chi connectivity index (χ4v) is 1.57. The van der Waals surface area contributed by atoms with Crippen molar-refractivity contribution in [1.82, 2.24) is 5.32 Å². The van der Waals surface area contributed by atoms with E-state index in [-0.39, 0.29) is 18.1 Å². The quantitative estimate of drug-likeness (QED) is 0.636. The monoisotopic (exact) mass is 216 g/mol. The van der Waals surface area contributed by atoms with Gasteiger partial charge in [-0.15, -0.1) is 0 Å². The zero-order valence-electron chi connectivity index (χ0n) is 9.58. The van der Waals surface area contributed by atoms with Gasteiger partial charge in [-0.3, -0.25) is 4.79 Å². The molecule has 0 radical (unpaired) electrons. The summed E-state index contributed by atoms with van der Waals surface area (Å²) < 4.78 is 10.7. The third-order valence-electron chi connectivity index (χ3n) is 2.82. The molecule has 2 atom stereocenters. The number of rotatable bonds is 6. The average Bonchev–Trinajstić information content (AvgIpc) is 2.11. The number of nitrogens with two attached hydrogens (primary N) is 1. The van der Waals surface area contributed by atoms with E-state index in [1.54, 1.807) is 14.0 Å². The van der Waals surface area contributed by atoms with Crippen molar-refractivity contribution < 1.29 is 14.3 Å². The molecule has 0 aromatic rings. The number of hydrogen-bond acceptors (Lipinski definition) is 4. The van der Waals surface area contributed by atoms with Gasteiger partial charge in [-0.05, 0) is 20.9 Å². The Labute approximate surface area is 90.3 Å². The summed E-state index contributed by atoms with van der Waals surface area (Å²) >= 11 is 0. The minimum atomic E-state index is -0.704. The minimum Gasteiger partial charge on any atom is -0.376 e. The maximum atomic E-state index is 11.2. The molecule has 1 saturated heterocycles. The maximum absolute atomic E-state index is 11.2. The first-order valence-corrected chi connectivity index (χ1v) is 5.20. The van der Waals surface area contributed by atoms with Crippen molar-refractivity contribution in [2.45, 2.75) is 38.0 Å². The van der Waals surface area contributed by atoms with Crippen LogP contribution in [-0.2, 0) is 14.3 Å². The zero-order valence-corrected chi connectivity index (χ0v) is 9.58. The van der Waals surface area contributed by atoms with Crippen LogP contribution < -0.4 is 11.1 Å². The predicted octanol–water partition coefficient (Wildman–Crippen LogP) is -0.356. The van der Waals surface area contributed by atoms with Crippen molar-refractivity contribution in [3.63, 3.8) is 0 Å². The molecule has 0 aromatic heterocycles. The second-order valence-electron chi connectivity index (χ2n) is 4.26. The molecular formula is C10H20N2O3. The van der Waals surface area contributed by atoms with Gasteiger partial charge in [0.25, 0.3) is 0 Å². The number of hydrogen-bond donors (Lipinski definition) is 2. The average molecular weight is 216 g/mol. The van der Waals surface area contributed by atoms with E-state index in [0.717, 1.165) is 0 Å². The Bertz CT molecular complexity index is 231. The molecular weight excluding hydrogens is 196 g/mol. The first-order chi connectivity index (χ1) is 6.98. The van der Waals surface area contributed by atoms with Crippen LogP contribution in [0.5, 0.6) is 0 Å². The smallest absolute Gasteiger partial charge is 0.237 e. The summed E-state index contributed by atoms with van der Waals surface area (Å²) in [5, 5.41) is 2.93. The lowest BCUT2D eigenvalue weighted by Crippen LogP contribution is -2.54. The predicted molar refractivity (Wildman–Crippen MR) is 56.4 cm³/mol. The van der Waals surface area contributed by atoms with Crippen LogP contribution in [-0.4, -0.2) is 43.9 Å². The van der Waals surface area contributed by atoms with Crippen molar-refractivity contribution in [3.05, 3.63) is 0 Å². The Balaban J connectivity index is 2.39. The lowest BCUT2D eigenvalue weighted by Gasteiger charge is -2.33. The topological polar surface area (TPSA) is 73.6 Å². The van der Waals surface area contributed by atoms with E-state index in [2.05, 4.69) is 5.32 Å². The highest BCUT2D eigenvalue weighted by Crippen LogP contribution is 2.17. The van der Waals surface area contributed by atoms with Crippen molar-refractivity contribution >= 4 is 5.91 Å². The normalized spacial score (nSPS) is 22.9. The van der Waals surface area contributed by atoms with Crippen molar-refractivity contribution in [3.8, 4) is 0 Å². The van der Waals surface area contributed by atoms with Crippen LogP contribution >= 0.6 is 0 Å². The molecule has 0 aliphatic carbocycles. The molecule has 1 aliphatic rings. The number of ether oxygens (including phenoxy) is 2. The summed E-state index contributed by atoms with van der Waals surface area (Å²) in [6.07, 6.45) is 0.729. The van der Waals surface area contributed by atoms with Crippen molar-refractivity contribution in [2.75, 3.05) is 20.3 Å². The van der Waals surface area contributed by atoms with Gasteiger partial charge in [0.2, 0.25) is 5.91 Å². The second-order valence-corrected chi connectivity index (χ2v) is 4.26. The lowest BCUT2D eigenvalue weighted by molar-refractivity contribution is -0.156. The number of nitrogens with one attached hydrogen (secondary N) is 1. The Kier molecular flexibility index (Phi) is 4.07. The van der Waals surface area contributed by atoms with Crippen LogP contribution in [0.2, 0.25) is 0 Å². The highest BCUT2D eigenvalue weighted by molar-refractivity contribution is 5.84. The van der Waals surface area contributed by atoms with Gasteiger partial charge < -0.3 is 20.5 Å². The molecule has 1 fully saturated rings. The molecule has 5 heteroatoms. The first-order valence-electron chi connectivity index (χ1n) is 5.20. The van der Waals surface area contributed by atoms with E-state index in [1.807, 2.05) is 6.92 Å². The SMILES string of the molecule is CNC(C)(CC(C)OC1COC1)C(N)=O. The zero-order chi connectivity index (χ0) is 11.5. The van der Waals surface area contributed by atoms with Crippen LogP contribution in [0.15, 0.2) is 0 Å². The Morgan fingerprint density at radius 2 is 2.33 bits per heavy atom. The second kappa shape index (κ2) is 4.92. The van der Waals surface area contributed by atoms with Crippen LogP contribution in [0.3, 0.4) is 0 Å². The molecule has 0 bridgehead atoms. The van der Waals surface area contributed by atoms with Gasteiger partial charge >= 0.3 is 0 Å². The van der Waals surface area contributed by atoms with Gasteiger partial charge in [-0.2, -0.15) is 0 Å². The Hall–Kier alpha value is -0.650. The van der Waals surface area contributed by atoms with Crippen molar-refractivity contribution in [2.24, 2.45) is 5.73 Å². The fourth-order valence-electron chi connectivity index (χ4n) is 1.57. The summed E-state index contributed by atoms with van der Waals surface area (Å²) in [7, 11) is 1.73. The van der Waals surface area contributed by atoms with E-state index >= 15 is 0 Å². The Morgan fingerprint density at radius 3 is 2.67 bits per heavy atom. The molecule has 1 rings (SSSR count). The van der Waals surface area contributed by atoms with E-state index in [9.17, 15) is 4.79 Å². The maximum Gasteiger partial charge on any atom is 0.237 e. The lowest BCUT2D eigenvalue weighted by atomic mass is 9.94. The third-order valence-corrected chi connectivity index (χ3v) is 2.82. The molecule has 1 aliphatic heterocycles. The van der Waals surface area contributed by atoms with Crippen LogP contribution in [0.25, 0.3) is 0 Å². The molecule has 15 heavy (non-hydrogen) atoms. The summed E-state index contributed by atoms with van der Waals surface area (Å²) in [4.78, 5) is 11.2. The molecule has 1 heterocycles. The molecule has 2 unspecified atom stereocenters. The Morgan fingerprint density at radius 1 is 1.73 bits per heavy atom. The van der Waals surface area contributed by atoms with Crippen LogP contribution in [0.1, 0.15) is 20.3 Å². The summed E-state index contributed by atoms with van der Waals surface area (Å²) in [5.74, 6) is -0.356.